The van der Waals surface area contributed by atoms with Crippen molar-refractivity contribution in [3.8, 4) is 22.3 Å². The number of nitrogens with one attached hydrogen (secondary N) is 2. The summed E-state index contributed by atoms with van der Waals surface area (Å²) in [5.74, 6) is 0. The summed E-state index contributed by atoms with van der Waals surface area (Å²) in [5, 5.41) is 7.04. The average molecular weight is 505 g/mol. The van der Waals surface area contributed by atoms with Crippen molar-refractivity contribution in [3.63, 3.8) is 0 Å². The van der Waals surface area contributed by atoms with E-state index in [2.05, 4.69) is 163 Å². The molecule has 0 heterocycles. The van der Waals surface area contributed by atoms with Crippen LogP contribution in [0.4, 0.5) is 22.7 Å². The summed E-state index contributed by atoms with van der Waals surface area (Å²) in [4.78, 5) is 0. The second-order valence-corrected chi connectivity index (χ2v) is 10.3. The van der Waals surface area contributed by atoms with E-state index in [1.54, 1.807) is 0 Å². The Bertz CT molecular complexity index is 1580. The van der Waals surface area contributed by atoms with E-state index in [0.717, 1.165) is 29.2 Å². The van der Waals surface area contributed by atoms with E-state index >= 15 is 0 Å². The van der Waals surface area contributed by atoms with Crippen molar-refractivity contribution in [1.29, 1.82) is 0 Å². The maximum absolute atomic E-state index is 3.53. The van der Waals surface area contributed by atoms with Crippen molar-refractivity contribution < 1.29 is 0 Å². The Morgan fingerprint density at radius 2 is 0.872 bits per heavy atom. The molecule has 190 valence electrons. The standard InChI is InChI=1S/C37H32N2/c1-37(26-6-3-7-27-37)32-16-24-36(25-17-32)39-35-22-14-31(15-23-35)30-12-20-34(21-13-30)38-33-18-10-29(11-19-33)28-8-4-2-5-9-28/h2-26,38-39H,27H2,1H3. The molecule has 5 aromatic rings. The highest BCUT2D eigenvalue weighted by Crippen LogP contribution is 2.33. The minimum absolute atomic E-state index is 0.0764. The van der Waals surface area contributed by atoms with Crippen LogP contribution in [0, 0.1) is 0 Å². The van der Waals surface area contributed by atoms with Gasteiger partial charge in [0, 0.05) is 28.2 Å². The quantitative estimate of drug-likeness (QED) is 0.230. The predicted octanol–water partition coefficient (Wildman–Crippen LogP) is 10.3. The first kappa shape index (κ1) is 24.5. The number of benzene rings is 5. The largest absolute Gasteiger partial charge is 0.356 e. The van der Waals surface area contributed by atoms with Gasteiger partial charge < -0.3 is 10.6 Å². The fourth-order valence-corrected chi connectivity index (χ4v) is 5.08. The van der Waals surface area contributed by atoms with Crippen LogP contribution in [-0.2, 0) is 5.41 Å². The highest BCUT2D eigenvalue weighted by Gasteiger charge is 2.23. The molecule has 6 rings (SSSR count). The molecule has 2 heteroatoms. The summed E-state index contributed by atoms with van der Waals surface area (Å²) in [6, 6.07) is 45.0. The van der Waals surface area contributed by atoms with Gasteiger partial charge in [0.1, 0.15) is 0 Å². The Labute approximate surface area is 231 Å². The van der Waals surface area contributed by atoms with Gasteiger partial charge in [-0.25, -0.2) is 0 Å². The van der Waals surface area contributed by atoms with Gasteiger partial charge >= 0.3 is 0 Å². The van der Waals surface area contributed by atoms with Gasteiger partial charge in [-0.3, -0.25) is 0 Å². The molecular formula is C37H32N2. The van der Waals surface area contributed by atoms with Gasteiger partial charge in [-0.2, -0.15) is 0 Å². The van der Waals surface area contributed by atoms with E-state index in [0.29, 0.717) is 0 Å². The van der Waals surface area contributed by atoms with E-state index in [1.165, 1.54) is 27.8 Å². The van der Waals surface area contributed by atoms with E-state index in [-0.39, 0.29) is 5.41 Å². The molecule has 0 aromatic heterocycles. The smallest absolute Gasteiger partial charge is 0.0384 e. The highest BCUT2D eigenvalue weighted by molar-refractivity contribution is 5.72. The monoisotopic (exact) mass is 504 g/mol. The van der Waals surface area contributed by atoms with Crippen molar-refractivity contribution >= 4 is 22.7 Å². The molecule has 0 amide bonds. The molecule has 1 atom stereocenters. The molecule has 0 radical (unpaired) electrons. The Kier molecular flexibility index (Phi) is 6.84. The topological polar surface area (TPSA) is 24.1 Å². The molecule has 0 bridgehead atoms. The van der Waals surface area contributed by atoms with Crippen LogP contribution in [0.3, 0.4) is 0 Å². The van der Waals surface area contributed by atoms with Crippen LogP contribution in [0.15, 0.2) is 152 Å². The minimum Gasteiger partial charge on any atom is -0.356 e. The van der Waals surface area contributed by atoms with Gasteiger partial charge in [0.25, 0.3) is 0 Å². The van der Waals surface area contributed by atoms with Crippen molar-refractivity contribution in [1.82, 2.24) is 0 Å². The second-order valence-electron chi connectivity index (χ2n) is 10.3. The normalized spacial score (nSPS) is 16.1. The predicted molar refractivity (Wildman–Crippen MR) is 167 cm³/mol. The Morgan fingerprint density at radius 1 is 0.462 bits per heavy atom. The van der Waals surface area contributed by atoms with Crippen LogP contribution in [0.1, 0.15) is 18.9 Å². The summed E-state index contributed by atoms with van der Waals surface area (Å²) < 4.78 is 0. The summed E-state index contributed by atoms with van der Waals surface area (Å²) in [6.45, 7) is 2.29. The lowest BCUT2D eigenvalue weighted by atomic mass is 9.77. The maximum atomic E-state index is 3.53. The molecule has 1 unspecified atom stereocenters. The van der Waals surface area contributed by atoms with Crippen molar-refractivity contribution in [2.24, 2.45) is 0 Å². The first-order chi connectivity index (χ1) is 19.1. The number of hydrogen-bond acceptors (Lipinski definition) is 2. The van der Waals surface area contributed by atoms with Crippen LogP contribution < -0.4 is 10.6 Å². The van der Waals surface area contributed by atoms with E-state index in [9.17, 15) is 0 Å². The molecule has 0 fully saturated rings. The third-order valence-electron chi connectivity index (χ3n) is 7.47. The van der Waals surface area contributed by atoms with Crippen LogP contribution in [-0.4, -0.2) is 0 Å². The lowest BCUT2D eigenvalue weighted by Crippen LogP contribution is -2.19. The van der Waals surface area contributed by atoms with Gasteiger partial charge in [0.15, 0.2) is 0 Å². The van der Waals surface area contributed by atoms with Crippen molar-refractivity contribution in [2.75, 3.05) is 10.6 Å². The average Bonchev–Trinajstić information content (AvgIpc) is 3.00. The van der Waals surface area contributed by atoms with E-state index in [4.69, 9.17) is 0 Å². The van der Waals surface area contributed by atoms with Crippen molar-refractivity contribution in [2.45, 2.75) is 18.8 Å². The highest BCUT2D eigenvalue weighted by atomic mass is 14.9. The van der Waals surface area contributed by atoms with Crippen LogP contribution in [0.25, 0.3) is 22.3 Å². The molecular weight excluding hydrogens is 472 g/mol. The Morgan fingerprint density at radius 3 is 1.28 bits per heavy atom. The molecule has 39 heavy (non-hydrogen) atoms. The van der Waals surface area contributed by atoms with E-state index in [1.807, 2.05) is 6.07 Å². The molecule has 0 saturated carbocycles. The third-order valence-corrected chi connectivity index (χ3v) is 7.47. The van der Waals surface area contributed by atoms with Gasteiger partial charge in [-0.15, -0.1) is 0 Å². The molecule has 0 aliphatic heterocycles. The third kappa shape index (κ3) is 5.71. The zero-order chi connectivity index (χ0) is 26.5. The summed E-state index contributed by atoms with van der Waals surface area (Å²) in [6.07, 6.45) is 9.84. The lowest BCUT2D eigenvalue weighted by Gasteiger charge is -2.27. The molecule has 1 aliphatic carbocycles. The van der Waals surface area contributed by atoms with Gasteiger partial charge in [0.2, 0.25) is 0 Å². The SMILES string of the molecule is CC1(c2ccc(Nc3ccc(-c4ccc(Nc5ccc(-c6ccccc6)cc5)cc4)cc3)cc2)C=CC=CC1. The molecule has 0 spiro atoms. The zero-order valence-corrected chi connectivity index (χ0v) is 22.1. The maximum Gasteiger partial charge on any atom is 0.0384 e. The number of allylic oxidation sites excluding steroid dienone is 4. The second kappa shape index (κ2) is 10.9. The lowest BCUT2D eigenvalue weighted by molar-refractivity contribution is 0.600. The number of rotatable bonds is 7. The minimum atomic E-state index is 0.0764. The Hall–Kier alpha value is -4.82. The van der Waals surface area contributed by atoms with Gasteiger partial charge in [-0.05, 0) is 82.8 Å². The first-order valence-corrected chi connectivity index (χ1v) is 13.5. The molecule has 2 nitrogen and oxygen atoms in total. The zero-order valence-electron chi connectivity index (χ0n) is 22.1. The number of hydrogen-bond donors (Lipinski definition) is 2. The van der Waals surface area contributed by atoms with E-state index < -0.39 is 0 Å². The molecule has 1 aliphatic rings. The van der Waals surface area contributed by atoms with Crippen LogP contribution >= 0.6 is 0 Å². The fraction of sp³-hybridized carbons (Fsp3) is 0.0811. The molecule has 2 N–H and O–H groups in total. The van der Waals surface area contributed by atoms with Crippen molar-refractivity contribution in [3.05, 3.63) is 157 Å². The molecule has 0 saturated heterocycles. The summed E-state index contributed by atoms with van der Waals surface area (Å²) in [7, 11) is 0. The van der Waals surface area contributed by atoms with Gasteiger partial charge in [-0.1, -0.05) is 110 Å². The Balaban J connectivity index is 1.07. The summed E-state index contributed by atoms with van der Waals surface area (Å²) >= 11 is 0. The fourth-order valence-electron chi connectivity index (χ4n) is 5.08. The van der Waals surface area contributed by atoms with Gasteiger partial charge in [0.05, 0.1) is 0 Å². The number of anilines is 4. The van der Waals surface area contributed by atoms with Crippen LogP contribution in [0.5, 0.6) is 0 Å². The van der Waals surface area contributed by atoms with Crippen LogP contribution in [0.2, 0.25) is 0 Å². The molecule has 5 aromatic carbocycles. The summed E-state index contributed by atoms with van der Waals surface area (Å²) in [5.41, 5.74) is 10.6. The first-order valence-electron chi connectivity index (χ1n) is 13.5.